The highest BCUT2D eigenvalue weighted by atomic mass is 19.4. The van der Waals surface area contributed by atoms with Gasteiger partial charge in [-0.1, -0.05) is 19.1 Å². The number of pyridine rings is 1. The highest BCUT2D eigenvalue weighted by Gasteiger charge is 2.31. The highest BCUT2D eigenvalue weighted by Crippen LogP contribution is 2.29. The summed E-state index contributed by atoms with van der Waals surface area (Å²) in [6.07, 6.45) is -1.77. The zero-order chi connectivity index (χ0) is 21.7. The number of hydrogen-bond donors (Lipinski definition) is 1. The zero-order valence-corrected chi connectivity index (χ0v) is 17.2. The molecule has 8 heteroatoms. The average Bonchev–Trinajstić information content (AvgIpc) is 2.99. The molecule has 1 fully saturated rings. The van der Waals surface area contributed by atoms with Gasteiger partial charge in [0.15, 0.2) is 0 Å². The zero-order valence-electron chi connectivity index (χ0n) is 17.2. The Morgan fingerprint density at radius 1 is 1.10 bits per heavy atom. The summed E-state index contributed by atoms with van der Waals surface area (Å²) < 4.78 is 38.2. The van der Waals surface area contributed by atoms with Crippen LogP contribution in [-0.4, -0.2) is 48.0 Å². The fourth-order valence-corrected chi connectivity index (χ4v) is 3.53. The Balaban J connectivity index is 1.57. The first-order chi connectivity index (χ1) is 14.3. The van der Waals surface area contributed by atoms with E-state index < -0.39 is 11.7 Å². The fourth-order valence-electron chi connectivity index (χ4n) is 3.53. The van der Waals surface area contributed by atoms with Gasteiger partial charge in [0.05, 0.1) is 11.6 Å². The van der Waals surface area contributed by atoms with E-state index >= 15 is 0 Å². The van der Waals surface area contributed by atoms with E-state index in [0.29, 0.717) is 25.5 Å². The van der Waals surface area contributed by atoms with Crippen LogP contribution in [0.5, 0.6) is 0 Å². The molecule has 0 radical (unpaired) electrons. The maximum absolute atomic E-state index is 12.7. The molecule has 1 aromatic heterocycles. The van der Waals surface area contributed by atoms with Crippen LogP contribution in [0.2, 0.25) is 0 Å². The number of aryl methyl sites for hydroxylation is 1. The summed E-state index contributed by atoms with van der Waals surface area (Å²) in [5.41, 5.74) is 1.24. The molecule has 5 nitrogen and oxygen atoms in total. The van der Waals surface area contributed by atoms with E-state index in [4.69, 9.17) is 0 Å². The van der Waals surface area contributed by atoms with E-state index in [1.165, 1.54) is 11.6 Å². The van der Waals surface area contributed by atoms with Crippen molar-refractivity contribution in [3.8, 4) is 0 Å². The molecule has 30 heavy (non-hydrogen) atoms. The minimum atomic E-state index is -4.39. The standard InChI is InChI=1S/C22H27F3N4O/c1-3-17-5-8-19(9-6-17)27-21(30)16(2)28-11-4-12-29(14-13-28)20-10-7-18(15-26-20)22(23,24)25/h5-10,15-16H,3-4,11-14H2,1-2H3,(H,27,30). The molecule has 0 saturated carbocycles. The molecule has 162 valence electrons. The molecule has 1 N–H and O–H groups in total. The van der Waals surface area contributed by atoms with Gasteiger partial charge in [-0.3, -0.25) is 9.69 Å². The van der Waals surface area contributed by atoms with E-state index in [2.05, 4.69) is 22.1 Å². The molecule has 1 unspecified atom stereocenters. The van der Waals surface area contributed by atoms with Crippen LogP contribution in [0.15, 0.2) is 42.6 Å². The van der Waals surface area contributed by atoms with Crippen molar-refractivity contribution < 1.29 is 18.0 Å². The molecule has 3 rings (SSSR count). The van der Waals surface area contributed by atoms with Crippen molar-refractivity contribution >= 4 is 17.4 Å². The quantitative estimate of drug-likeness (QED) is 0.788. The summed E-state index contributed by atoms with van der Waals surface area (Å²) in [6.45, 7) is 6.61. The molecular formula is C22H27F3N4O. The van der Waals surface area contributed by atoms with Crippen LogP contribution in [0.1, 0.15) is 31.4 Å². The van der Waals surface area contributed by atoms with Gasteiger partial charge in [0.25, 0.3) is 0 Å². The van der Waals surface area contributed by atoms with E-state index in [-0.39, 0.29) is 11.9 Å². The number of carbonyl (C=O) groups excluding carboxylic acids is 1. The summed E-state index contributed by atoms with van der Waals surface area (Å²) >= 11 is 0. The fraction of sp³-hybridized carbons (Fsp3) is 0.455. The summed E-state index contributed by atoms with van der Waals surface area (Å²) in [4.78, 5) is 20.7. The summed E-state index contributed by atoms with van der Waals surface area (Å²) in [6, 6.07) is 9.98. The molecule has 1 amide bonds. The van der Waals surface area contributed by atoms with Crippen LogP contribution in [0.4, 0.5) is 24.7 Å². The lowest BCUT2D eigenvalue weighted by Gasteiger charge is -2.27. The lowest BCUT2D eigenvalue weighted by Crippen LogP contribution is -2.44. The predicted octanol–water partition coefficient (Wildman–Crippen LogP) is 4.20. The topological polar surface area (TPSA) is 48.5 Å². The summed E-state index contributed by atoms with van der Waals surface area (Å²) in [5.74, 6) is 0.457. The number of nitrogens with zero attached hydrogens (tertiary/aromatic N) is 3. The molecule has 1 aliphatic rings. The predicted molar refractivity (Wildman–Crippen MR) is 112 cm³/mol. The van der Waals surface area contributed by atoms with Gasteiger partial charge in [-0.15, -0.1) is 0 Å². The molecule has 1 aliphatic heterocycles. The molecule has 0 spiro atoms. The maximum atomic E-state index is 12.7. The molecule has 1 aromatic carbocycles. The normalized spacial score (nSPS) is 16.8. The van der Waals surface area contributed by atoms with Gasteiger partial charge in [-0.2, -0.15) is 13.2 Å². The van der Waals surface area contributed by atoms with Crippen LogP contribution in [0.3, 0.4) is 0 Å². The number of hydrogen-bond acceptors (Lipinski definition) is 4. The third-order valence-corrected chi connectivity index (χ3v) is 5.49. The number of aromatic nitrogens is 1. The van der Waals surface area contributed by atoms with E-state index in [9.17, 15) is 18.0 Å². The monoisotopic (exact) mass is 420 g/mol. The van der Waals surface area contributed by atoms with Gasteiger partial charge in [0.2, 0.25) is 5.91 Å². The van der Waals surface area contributed by atoms with Crippen molar-refractivity contribution in [3.63, 3.8) is 0 Å². The Kier molecular flexibility index (Phi) is 6.97. The number of halogens is 3. The van der Waals surface area contributed by atoms with Crippen molar-refractivity contribution in [2.75, 3.05) is 36.4 Å². The maximum Gasteiger partial charge on any atom is 0.417 e. The second kappa shape index (κ2) is 9.47. The molecular weight excluding hydrogens is 393 g/mol. The van der Waals surface area contributed by atoms with Gasteiger partial charge in [-0.25, -0.2) is 4.98 Å². The molecule has 2 aromatic rings. The first-order valence-corrected chi connectivity index (χ1v) is 10.2. The van der Waals surface area contributed by atoms with Crippen molar-refractivity contribution in [2.45, 2.75) is 38.9 Å². The lowest BCUT2D eigenvalue weighted by atomic mass is 10.1. The first-order valence-electron chi connectivity index (χ1n) is 10.2. The van der Waals surface area contributed by atoms with Gasteiger partial charge >= 0.3 is 6.18 Å². The smallest absolute Gasteiger partial charge is 0.355 e. The largest absolute Gasteiger partial charge is 0.417 e. The molecule has 2 heterocycles. The van der Waals surface area contributed by atoms with Gasteiger partial charge in [0, 0.05) is 38.1 Å². The Labute approximate surface area is 174 Å². The van der Waals surface area contributed by atoms with Crippen molar-refractivity contribution in [3.05, 3.63) is 53.7 Å². The Morgan fingerprint density at radius 2 is 1.83 bits per heavy atom. The number of carbonyl (C=O) groups is 1. The molecule has 1 saturated heterocycles. The highest BCUT2D eigenvalue weighted by molar-refractivity contribution is 5.94. The van der Waals surface area contributed by atoms with Crippen molar-refractivity contribution in [1.29, 1.82) is 0 Å². The van der Waals surface area contributed by atoms with Crippen molar-refractivity contribution in [2.24, 2.45) is 0 Å². The van der Waals surface area contributed by atoms with Crippen LogP contribution in [-0.2, 0) is 17.4 Å². The van der Waals surface area contributed by atoms with Crippen LogP contribution in [0, 0.1) is 0 Å². The van der Waals surface area contributed by atoms with Crippen LogP contribution in [0.25, 0.3) is 0 Å². The first kappa shape index (κ1) is 22.1. The Bertz CT molecular complexity index is 837. The van der Waals surface area contributed by atoms with Gasteiger partial charge < -0.3 is 10.2 Å². The number of nitrogens with one attached hydrogen (secondary N) is 1. The number of amides is 1. The second-order valence-corrected chi connectivity index (χ2v) is 7.50. The second-order valence-electron chi connectivity index (χ2n) is 7.50. The summed E-state index contributed by atoms with van der Waals surface area (Å²) in [7, 11) is 0. The van der Waals surface area contributed by atoms with E-state index in [1.807, 2.05) is 36.1 Å². The number of alkyl halides is 3. The molecule has 0 aliphatic carbocycles. The third-order valence-electron chi connectivity index (χ3n) is 5.49. The van der Waals surface area contributed by atoms with Crippen LogP contribution < -0.4 is 10.2 Å². The number of benzene rings is 1. The Morgan fingerprint density at radius 3 is 2.43 bits per heavy atom. The summed E-state index contributed by atoms with van der Waals surface area (Å²) in [5, 5.41) is 2.96. The van der Waals surface area contributed by atoms with Gasteiger partial charge in [-0.05, 0) is 49.6 Å². The minimum Gasteiger partial charge on any atom is -0.355 e. The Hall–Kier alpha value is -2.61. The lowest BCUT2D eigenvalue weighted by molar-refractivity contribution is -0.137. The van der Waals surface area contributed by atoms with Crippen LogP contribution >= 0.6 is 0 Å². The number of anilines is 2. The SMILES string of the molecule is CCc1ccc(NC(=O)C(C)N2CCCN(c3ccc(C(F)(F)F)cn3)CC2)cc1. The average molecular weight is 420 g/mol. The minimum absolute atomic E-state index is 0.0691. The van der Waals surface area contributed by atoms with Gasteiger partial charge in [0.1, 0.15) is 5.82 Å². The molecule has 1 atom stereocenters. The van der Waals surface area contributed by atoms with E-state index in [0.717, 1.165) is 37.3 Å². The van der Waals surface area contributed by atoms with E-state index in [1.54, 1.807) is 0 Å². The number of rotatable bonds is 5. The molecule has 0 bridgehead atoms. The third kappa shape index (κ3) is 5.50. The van der Waals surface area contributed by atoms with Crippen molar-refractivity contribution in [1.82, 2.24) is 9.88 Å².